The summed E-state index contributed by atoms with van der Waals surface area (Å²) in [5, 5.41) is 2.55. The molecule has 1 amide bonds. The third-order valence-electron chi connectivity index (χ3n) is 6.55. The normalized spacial score (nSPS) is 15.0. The third-order valence-corrected chi connectivity index (χ3v) is 10.3. The highest BCUT2D eigenvalue weighted by atomic mass is 35.5. The van der Waals surface area contributed by atoms with Crippen LogP contribution < -0.4 is 19.1 Å². The van der Waals surface area contributed by atoms with Crippen molar-refractivity contribution in [3.8, 4) is 28.5 Å². The van der Waals surface area contributed by atoms with E-state index in [0.717, 1.165) is 16.9 Å². The number of sulfonamides is 1. The molecular weight excluding hydrogens is 626 g/mol. The number of hydrogen-bond donors (Lipinski definition) is 1. The van der Waals surface area contributed by atoms with Gasteiger partial charge in [0.15, 0.2) is 5.13 Å². The zero-order valence-electron chi connectivity index (χ0n) is 22.6. The molecule has 0 spiro atoms. The SMILES string of the molecule is COc1cc(S(=O)(=O)Nc2ccc(-c3csc(N4C(=O)CSC4c4cccc(Oc5ccccc5)c4)n3)cc2)ccc1Cl. The first kappa shape index (κ1) is 29.1. The molecule has 1 fully saturated rings. The highest BCUT2D eigenvalue weighted by Gasteiger charge is 2.36. The zero-order chi connectivity index (χ0) is 30.0. The summed E-state index contributed by atoms with van der Waals surface area (Å²) in [6.07, 6.45) is 0. The van der Waals surface area contributed by atoms with Gasteiger partial charge in [-0.2, -0.15) is 0 Å². The van der Waals surface area contributed by atoms with Crippen molar-refractivity contribution in [2.24, 2.45) is 0 Å². The van der Waals surface area contributed by atoms with Crippen molar-refractivity contribution in [2.75, 3.05) is 22.5 Å². The Bertz CT molecular complexity index is 1880. The molecule has 5 aromatic rings. The number of carbonyl (C=O) groups is 1. The average molecular weight is 650 g/mol. The standard InChI is InChI=1S/C31H24ClN3O5S3/c1-39-28-17-25(14-15-26(28)32)43(37,38)34-22-12-10-20(11-13-22)27-18-42-31(33-27)35-29(36)19-41-30(35)21-6-5-9-24(16-21)40-23-7-3-2-4-8-23/h2-18,30,34H,19H2,1H3. The molecule has 43 heavy (non-hydrogen) atoms. The molecule has 1 aliphatic rings. The number of halogens is 1. The Morgan fingerprint density at radius 3 is 2.49 bits per heavy atom. The van der Waals surface area contributed by atoms with Gasteiger partial charge in [0.25, 0.3) is 10.0 Å². The minimum Gasteiger partial charge on any atom is -0.495 e. The number of ether oxygens (including phenoxy) is 2. The summed E-state index contributed by atoms with van der Waals surface area (Å²) >= 11 is 8.96. The number of anilines is 2. The Hall–Kier alpha value is -4.03. The molecule has 6 rings (SSSR count). The molecule has 4 aromatic carbocycles. The first-order valence-electron chi connectivity index (χ1n) is 13.0. The van der Waals surface area contributed by atoms with Crippen LogP contribution in [-0.4, -0.2) is 32.2 Å². The maximum Gasteiger partial charge on any atom is 0.262 e. The third kappa shape index (κ3) is 6.35. The van der Waals surface area contributed by atoms with Crippen molar-refractivity contribution in [1.82, 2.24) is 4.98 Å². The number of aromatic nitrogens is 1. The van der Waals surface area contributed by atoms with Crippen LogP contribution in [0.5, 0.6) is 17.2 Å². The van der Waals surface area contributed by atoms with E-state index in [0.29, 0.717) is 33.0 Å². The quantitative estimate of drug-likeness (QED) is 0.174. The van der Waals surface area contributed by atoms with Crippen LogP contribution in [0.2, 0.25) is 5.02 Å². The lowest BCUT2D eigenvalue weighted by molar-refractivity contribution is -0.115. The monoisotopic (exact) mass is 649 g/mol. The van der Waals surface area contributed by atoms with Crippen LogP contribution in [0, 0.1) is 0 Å². The molecule has 2 heterocycles. The number of amides is 1. The van der Waals surface area contributed by atoms with E-state index in [1.807, 2.05) is 60.0 Å². The molecule has 1 unspecified atom stereocenters. The molecular formula is C31H24ClN3O5S3. The molecule has 218 valence electrons. The Balaban J connectivity index is 1.18. The number of thioether (sulfide) groups is 1. The number of hydrogen-bond acceptors (Lipinski definition) is 8. The van der Waals surface area contributed by atoms with Crippen molar-refractivity contribution < 1.29 is 22.7 Å². The summed E-state index contributed by atoms with van der Waals surface area (Å²) in [6, 6.07) is 28.4. The summed E-state index contributed by atoms with van der Waals surface area (Å²) in [4.78, 5) is 19.5. The van der Waals surface area contributed by atoms with Crippen molar-refractivity contribution in [3.63, 3.8) is 0 Å². The van der Waals surface area contributed by atoms with E-state index in [1.54, 1.807) is 40.9 Å². The van der Waals surface area contributed by atoms with Crippen molar-refractivity contribution >= 4 is 61.4 Å². The van der Waals surface area contributed by atoms with Gasteiger partial charge in [0, 0.05) is 22.7 Å². The number of nitrogens with zero attached hydrogens (tertiary/aromatic N) is 2. The first-order valence-corrected chi connectivity index (χ1v) is 16.8. The van der Waals surface area contributed by atoms with Gasteiger partial charge in [0.2, 0.25) is 5.91 Å². The van der Waals surface area contributed by atoms with Gasteiger partial charge in [-0.1, -0.05) is 54.1 Å². The van der Waals surface area contributed by atoms with E-state index in [9.17, 15) is 13.2 Å². The second-order valence-corrected chi connectivity index (χ2v) is 13.4. The lowest BCUT2D eigenvalue weighted by Gasteiger charge is -2.22. The maximum absolute atomic E-state index is 13.0. The molecule has 0 saturated carbocycles. The molecule has 1 aliphatic heterocycles. The molecule has 0 aliphatic carbocycles. The molecule has 1 aromatic heterocycles. The molecule has 0 bridgehead atoms. The van der Waals surface area contributed by atoms with E-state index in [4.69, 9.17) is 26.1 Å². The van der Waals surface area contributed by atoms with Crippen LogP contribution in [0.1, 0.15) is 10.9 Å². The summed E-state index contributed by atoms with van der Waals surface area (Å²) in [7, 11) is -2.44. The number of thiazole rings is 1. The van der Waals surface area contributed by atoms with Crippen LogP contribution in [0.4, 0.5) is 10.8 Å². The van der Waals surface area contributed by atoms with Gasteiger partial charge in [-0.25, -0.2) is 13.4 Å². The number of methoxy groups -OCH3 is 1. The topological polar surface area (TPSA) is 97.8 Å². The highest BCUT2D eigenvalue weighted by molar-refractivity contribution is 8.00. The second-order valence-electron chi connectivity index (χ2n) is 9.41. The molecule has 0 radical (unpaired) electrons. The van der Waals surface area contributed by atoms with Crippen LogP contribution in [0.25, 0.3) is 11.3 Å². The fourth-order valence-corrected chi connectivity index (χ4v) is 7.83. The predicted octanol–water partition coefficient (Wildman–Crippen LogP) is 7.84. The number of carbonyl (C=O) groups excluding carboxylic acids is 1. The molecule has 8 nitrogen and oxygen atoms in total. The van der Waals surface area contributed by atoms with E-state index in [-0.39, 0.29) is 21.9 Å². The van der Waals surface area contributed by atoms with Gasteiger partial charge in [-0.05, 0) is 54.1 Å². The van der Waals surface area contributed by atoms with Crippen LogP contribution in [-0.2, 0) is 14.8 Å². The van der Waals surface area contributed by atoms with Gasteiger partial charge in [0.05, 0.1) is 28.5 Å². The van der Waals surface area contributed by atoms with Gasteiger partial charge in [-0.15, -0.1) is 23.1 Å². The van der Waals surface area contributed by atoms with Crippen molar-refractivity contribution in [2.45, 2.75) is 10.3 Å². The van der Waals surface area contributed by atoms with Gasteiger partial charge >= 0.3 is 0 Å². The summed E-state index contributed by atoms with van der Waals surface area (Å²) in [5.41, 5.74) is 2.79. The number of rotatable bonds is 9. The Kier molecular flexibility index (Phi) is 8.31. The molecule has 1 saturated heterocycles. The molecule has 1 atom stereocenters. The van der Waals surface area contributed by atoms with E-state index < -0.39 is 10.0 Å². The predicted molar refractivity (Wildman–Crippen MR) is 172 cm³/mol. The summed E-state index contributed by atoms with van der Waals surface area (Å²) < 4.78 is 39.5. The molecule has 1 N–H and O–H groups in total. The summed E-state index contributed by atoms with van der Waals surface area (Å²) in [6.45, 7) is 0. The fourth-order valence-electron chi connectivity index (χ4n) is 4.47. The lowest BCUT2D eigenvalue weighted by atomic mass is 10.1. The number of benzene rings is 4. The largest absolute Gasteiger partial charge is 0.495 e. The minimum absolute atomic E-state index is 0.0196. The minimum atomic E-state index is -3.86. The van der Waals surface area contributed by atoms with Crippen LogP contribution in [0.3, 0.4) is 0 Å². The van der Waals surface area contributed by atoms with E-state index in [1.165, 1.54) is 36.6 Å². The Morgan fingerprint density at radius 2 is 1.72 bits per heavy atom. The highest BCUT2D eigenvalue weighted by Crippen LogP contribution is 2.44. The maximum atomic E-state index is 13.0. The Labute approximate surface area is 262 Å². The lowest BCUT2D eigenvalue weighted by Crippen LogP contribution is -2.27. The van der Waals surface area contributed by atoms with Gasteiger partial charge in [-0.3, -0.25) is 14.4 Å². The van der Waals surface area contributed by atoms with Crippen LogP contribution >= 0.6 is 34.7 Å². The zero-order valence-corrected chi connectivity index (χ0v) is 25.8. The average Bonchev–Trinajstić information content (AvgIpc) is 3.65. The van der Waals surface area contributed by atoms with Gasteiger partial charge < -0.3 is 9.47 Å². The van der Waals surface area contributed by atoms with E-state index >= 15 is 0 Å². The molecule has 12 heteroatoms. The Morgan fingerprint density at radius 1 is 0.953 bits per heavy atom. The second kappa shape index (κ2) is 12.3. The fraction of sp³-hybridized carbons (Fsp3) is 0.0968. The number of para-hydroxylation sites is 1. The smallest absolute Gasteiger partial charge is 0.262 e. The van der Waals surface area contributed by atoms with Gasteiger partial charge in [0.1, 0.15) is 22.6 Å². The van der Waals surface area contributed by atoms with Crippen LogP contribution in [0.15, 0.2) is 107 Å². The first-order chi connectivity index (χ1) is 20.8. The summed E-state index contributed by atoms with van der Waals surface area (Å²) in [5.74, 6) is 2.02. The van der Waals surface area contributed by atoms with E-state index in [2.05, 4.69) is 4.72 Å². The number of nitrogens with one attached hydrogen (secondary N) is 1. The van der Waals surface area contributed by atoms with Crippen molar-refractivity contribution in [1.29, 1.82) is 0 Å². The van der Waals surface area contributed by atoms with Crippen molar-refractivity contribution in [3.05, 3.63) is 113 Å².